The maximum absolute atomic E-state index is 13.3. The average Bonchev–Trinajstić information content (AvgIpc) is 3.25. The Labute approximate surface area is 372 Å². The number of carbonyl (C=O) groups excluding carboxylic acids is 2. The van der Waals surface area contributed by atoms with Gasteiger partial charge in [-0.1, -0.05) is 142 Å². The number of nitrogens with one attached hydrogen (secondary N) is 2. The van der Waals surface area contributed by atoms with Crippen LogP contribution in [0, 0.1) is 0 Å². The highest BCUT2D eigenvalue weighted by Crippen LogP contribution is 2.34. The minimum absolute atomic E-state index is 0.0601. The zero-order chi connectivity index (χ0) is 45.4. The molecule has 6 atom stereocenters. The smallest absolute Gasteiger partial charge is 0.364 e. The molecule has 0 unspecified atom stereocenters. The summed E-state index contributed by atoms with van der Waals surface area (Å²) >= 11 is 0. The number of unbranched alkanes of at least 4 members (excludes halogenated alkanes) is 21. The van der Waals surface area contributed by atoms with Gasteiger partial charge in [-0.15, -0.1) is 0 Å². The molecule has 0 spiro atoms. The highest BCUT2D eigenvalue weighted by molar-refractivity contribution is 5.95. The van der Waals surface area contributed by atoms with Crippen LogP contribution >= 0.6 is 0 Å². The number of carboxylic acids is 1. The van der Waals surface area contributed by atoms with Gasteiger partial charge in [-0.3, -0.25) is 9.59 Å². The van der Waals surface area contributed by atoms with Gasteiger partial charge in [0.1, 0.15) is 29.8 Å². The fraction of sp³-hybridized carbons (Fsp3) is 0.812. The van der Waals surface area contributed by atoms with E-state index in [9.17, 15) is 39.9 Å². The number of rotatable bonds is 38. The largest absolute Gasteiger partial charge is 0.493 e. The molecule has 0 radical (unpaired) electrons. The van der Waals surface area contributed by atoms with Crippen molar-refractivity contribution in [3.8, 4) is 11.5 Å². The van der Waals surface area contributed by atoms with Crippen molar-refractivity contribution in [1.29, 1.82) is 0 Å². The second-order valence-corrected chi connectivity index (χ2v) is 17.2. The van der Waals surface area contributed by atoms with Crippen LogP contribution in [-0.2, 0) is 19.1 Å². The van der Waals surface area contributed by atoms with E-state index in [1.54, 1.807) is 12.1 Å². The third-order valence-electron chi connectivity index (χ3n) is 11.6. The van der Waals surface area contributed by atoms with Crippen LogP contribution in [0.4, 0.5) is 0 Å². The van der Waals surface area contributed by atoms with Gasteiger partial charge in [0.2, 0.25) is 5.91 Å². The number of ether oxygens (including phenoxy) is 4. The molecule has 14 heteroatoms. The van der Waals surface area contributed by atoms with E-state index >= 15 is 0 Å². The number of hydrogen-bond donors (Lipinski definition) is 7. The number of aliphatic hydroxyl groups excluding tert-OH is 4. The molecule has 7 N–H and O–H groups in total. The third kappa shape index (κ3) is 22.6. The van der Waals surface area contributed by atoms with Gasteiger partial charge in [-0.25, -0.2) is 4.79 Å². The summed E-state index contributed by atoms with van der Waals surface area (Å²) in [6, 6.07) is 4.16. The average molecular weight is 881 g/mol. The van der Waals surface area contributed by atoms with E-state index in [-0.39, 0.29) is 12.5 Å². The summed E-state index contributed by atoms with van der Waals surface area (Å²) in [5.41, 5.74) is 0.473. The van der Waals surface area contributed by atoms with E-state index in [2.05, 4.69) is 24.5 Å². The Hall–Kier alpha value is -3.01. The zero-order valence-corrected chi connectivity index (χ0v) is 38.4. The standard InChI is InChI=1S/C48H84N2O12/c1-4-6-8-10-12-14-16-18-21-25-29-59-39-32-38(33-40(34-39)60-30-26-22-19-17-15-13-11-9-7-5-2)46(56)49-28-24-20-23-27-31-61-48(47(57)58)35-41(53)43(50-37(3)52)45(62-48)44(55)42(54)36-51/h32-34,41-45,51,53-55H,4-31,35-36H2,1-3H3,(H,49,56)(H,50,52)(H,57,58)/t41-,42+,43+,44+,45+,48+/m0/s1. The van der Waals surface area contributed by atoms with Crippen molar-refractivity contribution in [2.24, 2.45) is 0 Å². The molecule has 62 heavy (non-hydrogen) atoms. The van der Waals surface area contributed by atoms with Gasteiger partial charge in [0.05, 0.1) is 38.6 Å². The Morgan fingerprint density at radius 3 is 1.61 bits per heavy atom. The lowest BCUT2D eigenvalue weighted by Crippen LogP contribution is -2.67. The van der Waals surface area contributed by atoms with Gasteiger partial charge in [-0.2, -0.15) is 0 Å². The summed E-state index contributed by atoms with van der Waals surface area (Å²) in [6.45, 7) is 6.32. The van der Waals surface area contributed by atoms with E-state index in [1.165, 1.54) is 110 Å². The predicted octanol–water partition coefficient (Wildman–Crippen LogP) is 7.74. The van der Waals surface area contributed by atoms with Gasteiger partial charge in [0.15, 0.2) is 0 Å². The summed E-state index contributed by atoms with van der Waals surface area (Å²) in [4.78, 5) is 37.5. The first-order valence-corrected chi connectivity index (χ1v) is 24.1. The first-order valence-electron chi connectivity index (χ1n) is 24.1. The maximum atomic E-state index is 13.3. The first kappa shape index (κ1) is 55.1. The van der Waals surface area contributed by atoms with E-state index in [0.29, 0.717) is 62.5 Å². The number of carbonyl (C=O) groups is 3. The molecule has 0 saturated carbocycles. The van der Waals surface area contributed by atoms with E-state index < -0.39 is 61.1 Å². The van der Waals surface area contributed by atoms with Gasteiger partial charge in [-0.05, 0) is 37.8 Å². The second-order valence-electron chi connectivity index (χ2n) is 17.2. The van der Waals surface area contributed by atoms with Crippen LogP contribution in [0.3, 0.4) is 0 Å². The van der Waals surface area contributed by atoms with E-state index in [1.807, 2.05) is 6.07 Å². The zero-order valence-electron chi connectivity index (χ0n) is 38.4. The van der Waals surface area contributed by atoms with Crippen LogP contribution in [0.15, 0.2) is 18.2 Å². The highest BCUT2D eigenvalue weighted by atomic mass is 16.7. The number of aliphatic hydroxyl groups is 4. The Balaban J connectivity index is 1.85. The lowest BCUT2D eigenvalue weighted by atomic mass is 9.88. The van der Waals surface area contributed by atoms with E-state index in [0.717, 1.165) is 25.7 Å². The van der Waals surface area contributed by atoms with Crippen molar-refractivity contribution in [2.75, 3.05) is 33.0 Å². The van der Waals surface area contributed by atoms with Crippen molar-refractivity contribution >= 4 is 17.8 Å². The van der Waals surface area contributed by atoms with E-state index in [4.69, 9.17) is 18.9 Å². The molecule has 1 saturated heterocycles. The summed E-state index contributed by atoms with van der Waals surface area (Å²) in [6.07, 6.45) is 20.1. The summed E-state index contributed by atoms with van der Waals surface area (Å²) < 4.78 is 23.6. The molecule has 1 aliphatic heterocycles. The molecule has 1 aliphatic rings. The molecular formula is C48H84N2O12. The molecule has 0 aromatic heterocycles. The van der Waals surface area contributed by atoms with Crippen LogP contribution < -0.4 is 20.1 Å². The van der Waals surface area contributed by atoms with Crippen LogP contribution in [-0.4, -0.2) is 113 Å². The Morgan fingerprint density at radius 2 is 1.16 bits per heavy atom. The Kier molecular flexibility index (Phi) is 29.8. The predicted molar refractivity (Wildman–Crippen MR) is 240 cm³/mol. The quantitative estimate of drug-likeness (QED) is 0.0318. The molecule has 2 rings (SSSR count). The molecule has 1 aromatic carbocycles. The normalized spacial score (nSPS) is 19.8. The number of amides is 2. The van der Waals surface area contributed by atoms with Crippen LogP contribution in [0.1, 0.15) is 192 Å². The van der Waals surface area contributed by atoms with Gasteiger partial charge in [0.25, 0.3) is 11.7 Å². The molecule has 358 valence electrons. The van der Waals surface area contributed by atoms with Gasteiger partial charge < -0.3 is 55.1 Å². The molecule has 1 fully saturated rings. The minimum Gasteiger partial charge on any atom is -0.493 e. The molecule has 0 aliphatic carbocycles. The topological polar surface area (TPSA) is 213 Å². The van der Waals surface area contributed by atoms with Crippen molar-refractivity contribution in [2.45, 2.75) is 218 Å². The van der Waals surface area contributed by atoms with Crippen molar-refractivity contribution < 1.29 is 58.9 Å². The lowest BCUT2D eigenvalue weighted by molar-refractivity contribution is -0.311. The molecule has 1 aromatic rings. The Morgan fingerprint density at radius 1 is 0.710 bits per heavy atom. The summed E-state index contributed by atoms with van der Waals surface area (Å²) in [7, 11) is 0. The molecule has 1 heterocycles. The summed E-state index contributed by atoms with van der Waals surface area (Å²) in [5, 5.41) is 56.3. The van der Waals surface area contributed by atoms with Crippen LogP contribution in [0.25, 0.3) is 0 Å². The fourth-order valence-electron chi connectivity index (χ4n) is 7.83. The van der Waals surface area contributed by atoms with Gasteiger partial charge >= 0.3 is 5.97 Å². The second kappa shape index (κ2) is 33.5. The first-order chi connectivity index (χ1) is 30.0. The van der Waals surface area contributed by atoms with Crippen molar-refractivity contribution in [3.05, 3.63) is 23.8 Å². The minimum atomic E-state index is -2.36. The van der Waals surface area contributed by atoms with Crippen LogP contribution in [0.5, 0.6) is 11.5 Å². The lowest BCUT2D eigenvalue weighted by Gasteiger charge is -2.46. The number of hydrogen-bond acceptors (Lipinski definition) is 11. The maximum Gasteiger partial charge on any atom is 0.364 e. The highest BCUT2D eigenvalue weighted by Gasteiger charge is 2.55. The molecule has 2 amide bonds. The Bertz CT molecular complexity index is 1310. The molecular weight excluding hydrogens is 797 g/mol. The SMILES string of the molecule is CCCCCCCCCCCCOc1cc(OCCCCCCCCCCCC)cc(C(=O)NCCCCCCO[C@]2(C(=O)O)C[C@H](O)[C@@H](NC(C)=O)[C@H]([C@H](O)[C@H](O)CO)O2)c1. The number of benzene rings is 1. The number of aliphatic carboxylic acids is 1. The number of carboxylic acid groups (broad SMARTS) is 1. The van der Waals surface area contributed by atoms with Gasteiger partial charge in [0, 0.05) is 31.5 Å². The van der Waals surface area contributed by atoms with Crippen molar-refractivity contribution in [3.63, 3.8) is 0 Å². The summed E-state index contributed by atoms with van der Waals surface area (Å²) in [5.74, 6) is -3.45. The fourth-order valence-corrected chi connectivity index (χ4v) is 7.83. The van der Waals surface area contributed by atoms with Crippen LogP contribution in [0.2, 0.25) is 0 Å². The monoisotopic (exact) mass is 881 g/mol. The molecule has 0 bridgehead atoms. The molecule has 14 nitrogen and oxygen atoms in total. The van der Waals surface area contributed by atoms with Crippen molar-refractivity contribution in [1.82, 2.24) is 10.6 Å². The third-order valence-corrected chi connectivity index (χ3v) is 11.6.